The van der Waals surface area contributed by atoms with E-state index in [0.717, 1.165) is 25.7 Å². The first-order chi connectivity index (χ1) is 6.77. The number of hydrogen-bond donors (Lipinski definition) is 2. The van der Waals surface area contributed by atoms with Gasteiger partial charge in [0.05, 0.1) is 4.99 Å². The maximum absolute atomic E-state index is 11.9. The Labute approximate surface area is 96.7 Å². The van der Waals surface area contributed by atoms with Gasteiger partial charge in [-0.15, -0.1) is 0 Å². The predicted molar refractivity (Wildman–Crippen MR) is 65.2 cm³/mol. The third kappa shape index (κ3) is 3.12. The standard InChI is InChI=1S/C9H18N2O2S2/c1-7(8(10)14)15(12,13)11-9(2)5-3-4-6-9/h7,11H,3-6H2,1-2H3,(H2,10,14). The summed E-state index contributed by atoms with van der Waals surface area (Å²) < 4.78 is 26.4. The monoisotopic (exact) mass is 250 g/mol. The molecule has 6 heteroatoms. The third-order valence-electron chi connectivity index (χ3n) is 2.96. The minimum absolute atomic E-state index is 0.0177. The highest BCUT2D eigenvalue weighted by atomic mass is 32.2. The van der Waals surface area contributed by atoms with E-state index in [1.54, 1.807) is 0 Å². The number of thiocarbonyl (C=S) groups is 1. The van der Waals surface area contributed by atoms with Gasteiger partial charge in [-0.25, -0.2) is 13.1 Å². The molecule has 15 heavy (non-hydrogen) atoms. The predicted octanol–water partition coefficient (Wildman–Crippen LogP) is 0.913. The molecule has 0 aliphatic heterocycles. The van der Waals surface area contributed by atoms with E-state index in [1.807, 2.05) is 6.92 Å². The summed E-state index contributed by atoms with van der Waals surface area (Å²) in [5, 5.41) is -0.801. The zero-order valence-corrected chi connectivity index (χ0v) is 10.7. The van der Waals surface area contributed by atoms with Crippen LogP contribution in [0.4, 0.5) is 0 Å². The lowest BCUT2D eigenvalue weighted by Gasteiger charge is -2.26. The fraction of sp³-hybridized carbons (Fsp3) is 0.889. The van der Waals surface area contributed by atoms with Crippen molar-refractivity contribution in [1.29, 1.82) is 0 Å². The number of hydrogen-bond acceptors (Lipinski definition) is 3. The van der Waals surface area contributed by atoms with E-state index in [9.17, 15) is 8.42 Å². The molecule has 0 bridgehead atoms. The fourth-order valence-corrected chi connectivity index (χ4v) is 3.60. The van der Waals surface area contributed by atoms with Crippen molar-refractivity contribution in [3.05, 3.63) is 0 Å². The maximum Gasteiger partial charge on any atom is 0.221 e. The molecule has 1 saturated carbocycles. The van der Waals surface area contributed by atoms with E-state index in [2.05, 4.69) is 4.72 Å². The van der Waals surface area contributed by atoms with Gasteiger partial charge < -0.3 is 5.73 Å². The maximum atomic E-state index is 11.9. The number of nitrogens with one attached hydrogen (secondary N) is 1. The molecule has 0 radical (unpaired) electrons. The minimum Gasteiger partial charge on any atom is -0.392 e. The van der Waals surface area contributed by atoms with Crippen LogP contribution in [0.25, 0.3) is 0 Å². The first-order valence-corrected chi connectivity index (χ1v) is 7.04. The molecular weight excluding hydrogens is 232 g/mol. The Hall–Kier alpha value is -0.200. The fourth-order valence-electron chi connectivity index (χ4n) is 1.84. The molecule has 1 atom stereocenters. The van der Waals surface area contributed by atoms with Crippen molar-refractivity contribution in [3.8, 4) is 0 Å². The van der Waals surface area contributed by atoms with Crippen LogP contribution in [0.3, 0.4) is 0 Å². The topological polar surface area (TPSA) is 72.2 Å². The van der Waals surface area contributed by atoms with Gasteiger partial charge in [0.25, 0.3) is 0 Å². The van der Waals surface area contributed by atoms with Gasteiger partial charge in [-0.3, -0.25) is 0 Å². The Morgan fingerprint density at radius 1 is 1.47 bits per heavy atom. The summed E-state index contributed by atoms with van der Waals surface area (Å²) in [5.74, 6) is 0. The molecule has 1 fully saturated rings. The van der Waals surface area contributed by atoms with Crippen LogP contribution in [0, 0.1) is 0 Å². The highest BCUT2D eigenvalue weighted by molar-refractivity contribution is 7.93. The highest BCUT2D eigenvalue weighted by Crippen LogP contribution is 2.30. The molecule has 0 aromatic heterocycles. The van der Waals surface area contributed by atoms with Crippen LogP contribution < -0.4 is 10.5 Å². The van der Waals surface area contributed by atoms with Gasteiger partial charge in [0.15, 0.2) is 0 Å². The quantitative estimate of drug-likeness (QED) is 0.728. The zero-order chi connectivity index (χ0) is 11.7. The molecular formula is C9H18N2O2S2. The molecule has 0 aromatic carbocycles. The summed E-state index contributed by atoms with van der Waals surface area (Å²) >= 11 is 4.70. The molecule has 0 aromatic rings. The van der Waals surface area contributed by atoms with Gasteiger partial charge in [-0.05, 0) is 26.7 Å². The van der Waals surface area contributed by atoms with E-state index in [1.165, 1.54) is 6.92 Å². The van der Waals surface area contributed by atoms with Crippen LogP contribution in [0.15, 0.2) is 0 Å². The minimum atomic E-state index is -3.42. The normalized spacial score (nSPS) is 22.5. The Kier molecular flexibility index (Phi) is 3.73. The Morgan fingerprint density at radius 3 is 2.33 bits per heavy atom. The van der Waals surface area contributed by atoms with Gasteiger partial charge in [-0.2, -0.15) is 0 Å². The Balaban J connectivity index is 2.76. The molecule has 0 spiro atoms. The van der Waals surface area contributed by atoms with Gasteiger partial charge in [0.2, 0.25) is 10.0 Å². The largest absolute Gasteiger partial charge is 0.392 e. The van der Waals surface area contributed by atoms with Crippen LogP contribution in [0.1, 0.15) is 39.5 Å². The van der Waals surface area contributed by atoms with Crippen molar-refractivity contribution in [1.82, 2.24) is 4.72 Å². The summed E-state index contributed by atoms with van der Waals surface area (Å²) in [6, 6.07) is 0. The Morgan fingerprint density at radius 2 is 1.93 bits per heavy atom. The lowest BCUT2D eigenvalue weighted by Crippen LogP contribution is -2.49. The lowest BCUT2D eigenvalue weighted by atomic mass is 10.0. The summed E-state index contributed by atoms with van der Waals surface area (Å²) in [6.45, 7) is 3.45. The third-order valence-corrected chi connectivity index (χ3v) is 5.43. The summed E-state index contributed by atoms with van der Waals surface area (Å²) in [6.07, 6.45) is 3.91. The second-order valence-corrected chi connectivity index (χ2v) is 6.93. The van der Waals surface area contributed by atoms with Gasteiger partial charge in [0, 0.05) is 5.54 Å². The number of rotatable bonds is 4. The first kappa shape index (κ1) is 12.9. The van der Waals surface area contributed by atoms with E-state index in [4.69, 9.17) is 18.0 Å². The van der Waals surface area contributed by atoms with Gasteiger partial charge in [0.1, 0.15) is 5.25 Å². The van der Waals surface area contributed by atoms with Crippen LogP contribution in [0.2, 0.25) is 0 Å². The SMILES string of the molecule is CC(C(N)=S)S(=O)(=O)NC1(C)CCCC1. The lowest BCUT2D eigenvalue weighted by molar-refractivity contribution is 0.426. The molecule has 0 heterocycles. The molecule has 1 rings (SSSR count). The van der Waals surface area contributed by atoms with Crippen LogP contribution in [0.5, 0.6) is 0 Å². The molecule has 88 valence electrons. The number of sulfonamides is 1. The smallest absolute Gasteiger partial charge is 0.221 e. The van der Waals surface area contributed by atoms with E-state index in [0.29, 0.717) is 0 Å². The van der Waals surface area contributed by atoms with Crippen molar-refractivity contribution < 1.29 is 8.42 Å². The van der Waals surface area contributed by atoms with E-state index < -0.39 is 15.3 Å². The average molecular weight is 250 g/mol. The molecule has 1 unspecified atom stereocenters. The summed E-state index contributed by atoms with van der Waals surface area (Å²) in [4.78, 5) is 0.0177. The van der Waals surface area contributed by atoms with Crippen molar-refractivity contribution in [2.75, 3.05) is 0 Å². The number of nitrogens with two attached hydrogens (primary N) is 1. The Bertz CT molecular complexity index is 345. The van der Waals surface area contributed by atoms with Crippen molar-refractivity contribution >= 4 is 27.2 Å². The summed E-state index contributed by atoms with van der Waals surface area (Å²) in [7, 11) is -3.42. The second-order valence-electron chi connectivity index (χ2n) is 4.46. The summed E-state index contributed by atoms with van der Waals surface area (Å²) in [5.41, 5.74) is 5.04. The molecule has 1 aliphatic rings. The van der Waals surface area contributed by atoms with Crippen molar-refractivity contribution in [2.45, 2.75) is 50.3 Å². The second kappa shape index (κ2) is 4.35. The van der Waals surface area contributed by atoms with Crippen LogP contribution in [-0.2, 0) is 10.0 Å². The van der Waals surface area contributed by atoms with Crippen molar-refractivity contribution in [3.63, 3.8) is 0 Å². The highest BCUT2D eigenvalue weighted by Gasteiger charge is 2.35. The van der Waals surface area contributed by atoms with E-state index >= 15 is 0 Å². The molecule has 4 nitrogen and oxygen atoms in total. The average Bonchev–Trinajstić information content (AvgIpc) is 2.49. The molecule has 0 amide bonds. The molecule has 1 aliphatic carbocycles. The first-order valence-electron chi connectivity index (χ1n) is 5.09. The van der Waals surface area contributed by atoms with Gasteiger partial charge >= 0.3 is 0 Å². The van der Waals surface area contributed by atoms with Crippen LogP contribution >= 0.6 is 12.2 Å². The van der Waals surface area contributed by atoms with E-state index in [-0.39, 0.29) is 10.5 Å². The van der Waals surface area contributed by atoms with Gasteiger partial charge in [-0.1, -0.05) is 25.1 Å². The molecule has 0 saturated heterocycles. The van der Waals surface area contributed by atoms with Crippen LogP contribution in [-0.4, -0.2) is 24.2 Å². The van der Waals surface area contributed by atoms with Crippen molar-refractivity contribution in [2.24, 2.45) is 5.73 Å². The molecule has 3 N–H and O–H groups in total. The zero-order valence-electron chi connectivity index (χ0n) is 9.12.